The third-order valence-electron chi connectivity index (χ3n) is 3.58. The molecular weight excluding hydrogens is 246 g/mol. The molecule has 1 amide bonds. The van der Waals surface area contributed by atoms with Gasteiger partial charge in [-0.2, -0.15) is 0 Å². The van der Waals surface area contributed by atoms with Crippen molar-refractivity contribution >= 4 is 27.9 Å². The maximum absolute atomic E-state index is 12.0. The highest BCUT2D eigenvalue weighted by molar-refractivity contribution is 7.18. The van der Waals surface area contributed by atoms with E-state index in [1.165, 1.54) is 37.0 Å². The van der Waals surface area contributed by atoms with Gasteiger partial charge in [0, 0.05) is 12.1 Å². The van der Waals surface area contributed by atoms with Gasteiger partial charge in [-0.1, -0.05) is 12.8 Å². The lowest BCUT2D eigenvalue weighted by molar-refractivity contribution is 0.0956. The van der Waals surface area contributed by atoms with Crippen molar-refractivity contribution in [3.05, 3.63) is 10.9 Å². The van der Waals surface area contributed by atoms with Crippen LogP contribution in [-0.2, 0) is 0 Å². The van der Waals surface area contributed by atoms with Gasteiger partial charge in [-0.3, -0.25) is 4.79 Å². The lowest BCUT2D eigenvalue weighted by Gasteiger charge is -2.10. The highest BCUT2D eigenvalue weighted by atomic mass is 32.1. The molecule has 0 spiro atoms. The minimum atomic E-state index is -0.0144. The molecule has 2 aliphatic rings. The van der Waals surface area contributed by atoms with Gasteiger partial charge >= 0.3 is 0 Å². The van der Waals surface area contributed by atoms with Crippen LogP contribution in [0.5, 0.6) is 0 Å². The fraction of sp³-hybridized carbons (Fsp3) is 0.615. The number of nitrogens with two attached hydrogens (primary N) is 1. The number of hydrogen-bond donors (Lipinski definition) is 3. The second-order valence-electron chi connectivity index (χ2n) is 5.27. The SMILES string of the molecule is Nc1cc(NC2CCCC2)sc1C(=O)NC1CC1. The molecule has 0 unspecified atom stereocenters. The molecule has 3 rings (SSSR count). The number of amides is 1. The van der Waals surface area contributed by atoms with E-state index in [1.54, 1.807) is 0 Å². The normalized spacial score (nSPS) is 20.0. The zero-order chi connectivity index (χ0) is 12.5. The van der Waals surface area contributed by atoms with Gasteiger partial charge < -0.3 is 16.4 Å². The molecule has 1 heterocycles. The predicted octanol–water partition coefficient (Wildman–Crippen LogP) is 2.58. The molecule has 2 fully saturated rings. The third-order valence-corrected chi connectivity index (χ3v) is 4.66. The summed E-state index contributed by atoms with van der Waals surface area (Å²) in [6.45, 7) is 0. The van der Waals surface area contributed by atoms with Crippen molar-refractivity contribution in [3.63, 3.8) is 0 Å². The summed E-state index contributed by atoms with van der Waals surface area (Å²) < 4.78 is 0. The number of rotatable bonds is 4. The van der Waals surface area contributed by atoms with Gasteiger partial charge in [0.2, 0.25) is 0 Å². The van der Waals surface area contributed by atoms with E-state index in [0.717, 1.165) is 17.8 Å². The number of thiophene rings is 1. The molecule has 2 aliphatic carbocycles. The van der Waals surface area contributed by atoms with E-state index < -0.39 is 0 Å². The number of nitrogens with one attached hydrogen (secondary N) is 2. The predicted molar refractivity (Wildman–Crippen MR) is 75.1 cm³/mol. The fourth-order valence-corrected chi connectivity index (χ4v) is 3.36. The number of carbonyl (C=O) groups is 1. The van der Waals surface area contributed by atoms with Gasteiger partial charge in [0.25, 0.3) is 5.91 Å². The molecule has 4 nitrogen and oxygen atoms in total. The summed E-state index contributed by atoms with van der Waals surface area (Å²) >= 11 is 1.48. The zero-order valence-corrected chi connectivity index (χ0v) is 11.2. The first-order chi connectivity index (χ1) is 8.72. The second kappa shape index (κ2) is 4.80. The van der Waals surface area contributed by atoms with E-state index in [4.69, 9.17) is 5.73 Å². The van der Waals surface area contributed by atoms with E-state index in [-0.39, 0.29) is 5.91 Å². The second-order valence-corrected chi connectivity index (χ2v) is 6.32. The van der Waals surface area contributed by atoms with Crippen LogP contribution < -0.4 is 16.4 Å². The molecule has 0 radical (unpaired) electrons. The molecule has 98 valence electrons. The number of nitrogen functional groups attached to an aromatic ring is 1. The Morgan fingerprint density at radius 1 is 1.22 bits per heavy atom. The molecule has 0 atom stereocenters. The Labute approximate surface area is 111 Å². The molecular formula is C13H19N3OS. The Hall–Kier alpha value is -1.23. The molecule has 1 aromatic heterocycles. The van der Waals surface area contributed by atoms with Crippen molar-refractivity contribution in [3.8, 4) is 0 Å². The first-order valence-corrected chi connectivity index (χ1v) is 7.51. The van der Waals surface area contributed by atoms with Crippen LogP contribution in [0.25, 0.3) is 0 Å². The lowest BCUT2D eigenvalue weighted by Crippen LogP contribution is -2.25. The molecule has 4 N–H and O–H groups in total. The summed E-state index contributed by atoms with van der Waals surface area (Å²) in [5.41, 5.74) is 6.52. The summed E-state index contributed by atoms with van der Waals surface area (Å²) in [6.07, 6.45) is 7.25. The third kappa shape index (κ3) is 2.61. The van der Waals surface area contributed by atoms with Crippen molar-refractivity contribution in [1.82, 2.24) is 5.32 Å². The van der Waals surface area contributed by atoms with Crippen molar-refractivity contribution in [2.75, 3.05) is 11.1 Å². The standard InChI is InChI=1S/C13H19N3OS/c14-10-7-11(15-8-3-1-2-4-8)18-12(10)13(17)16-9-5-6-9/h7-9,15H,1-6,14H2,(H,16,17). The molecule has 0 bridgehead atoms. The topological polar surface area (TPSA) is 67.1 Å². The lowest BCUT2D eigenvalue weighted by atomic mass is 10.2. The molecule has 0 aliphatic heterocycles. The highest BCUT2D eigenvalue weighted by Crippen LogP contribution is 2.32. The Morgan fingerprint density at radius 3 is 2.61 bits per heavy atom. The van der Waals surface area contributed by atoms with Crippen molar-refractivity contribution in [1.29, 1.82) is 0 Å². The number of hydrogen-bond acceptors (Lipinski definition) is 4. The summed E-state index contributed by atoms with van der Waals surface area (Å²) in [5, 5.41) is 7.49. The van der Waals surface area contributed by atoms with Crippen molar-refractivity contribution < 1.29 is 4.79 Å². The fourth-order valence-electron chi connectivity index (χ4n) is 2.40. The van der Waals surface area contributed by atoms with Gasteiger partial charge in [-0.05, 0) is 31.7 Å². The van der Waals surface area contributed by atoms with Crippen LogP contribution in [0.2, 0.25) is 0 Å². The zero-order valence-electron chi connectivity index (χ0n) is 10.4. The van der Waals surface area contributed by atoms with Crippen LogP contribution in [0.3, 0.4) is 0 Å². The largest absolute Gasteiger partial charge is 0.397 e. The van der Waals surface area contributed by atoms with Gasteiger partial charge in [0.15, 0.2) is 0 Å². The molecule has 1 aromatic rings. The van der Waals surface area contributed by atoms with Crippen LogP contribution in [0, 0.1) is 0 Å². The van der Waals surface area contributed by atoms with Crippen molar-refractivity contribution in [2.24, 2.45) is 0 Å². The molecule has 5 heteroatoms. The minimum Gasteiger partial charge on any atom is -0.397 e. The summed E-state index contributed by atoms with van der Waals surface area (Å²) in [7, 11) is 0. The average molecular weight is 265 g/mol. The van der Waals surface area contributed by atoms with Crippen LogP contribution in [0.15, 0.2) is 6.07 Å². The Morgan fingerprint density at radius 2 is 1.94 bits per heavy atom. The molecule has 0 aromatic carbocycles. The Kier molecular flexibility index (Phi) is 3.16. The quantitative estimate of drug-likeness (QED) is 0.784. The van der Waals surface area contributed by atoms with Crippen LogP contribution in [0.4, 0.5) is 10.7 Å². The summed E-state index contributed by atoms with van der Waals surface area (Å²) in [4.78, 5) is 12.6. The minimum absolute atomic E-state index is 0.0144. The van der Waals surface area contributed by atoms with Gasteiger partial charge in [0.05, 0.1) is 10.7 Å². The van der Waals surface area contributed by atoms with Gasteiger partial charge in [-0.25, -0.2) is 0 Å². The summed E-state index contributed by atoms with van der Waals surface area (Å²) in [6, 6.07) is 2.83. The molecule has 0 saturated heterocycles. The average Bonchev–Trinajstić information content (AvgIpc) is 2.86. The van der Waals surface area contributed by atoms with Gasteiger partial charge in [0.1, 0.15) is 4.88 Å². The first-order valence-electron chi connectivity index (χ1n) is 6.69. The Bertz CT molecular complexity index is 447. The van der Waals surface area contributed by atoms with Crippen LogP contribution >= 0.6 is 11.3 Å². The number of carbonyl (C=O) groups excluding carboxylic acids is 1. The molecule has 18 heavy (non-hydrogen) atoms. The van der Waals surface area contributed by atoms with E-state index in [0.29, 0.717) is 22.6 Å². The monoisotopic (exact) mass is 265 g/mol. The van der Waals surface area contributed by atoms with Gasteiger partial charge in [-0.15, -0.1) is 11.3 Å². The van der Waals surface area contributed by atoms with Crippen LogP contribution in [0.1, 0.15) is 48.2 Å². The Balaban J connectivity index is 1.66. The van der Waals surface area contributed by atoms with E-state index in [1.807, 2.05) is 6.07 Å². The first kappa shape index (κ1) is 11.8. The maximum Gasteiger partial charge on any atom is 0.263 e. The smallest absolute Gasteiger partial charge is 0.263 e. The maximum atomic E-state index is 12.0. The van der Waals surface area contributed by atoms with Crippen LogP contribution in [-0.4, -0.2) is 18.0 Å². The highest BCUT2D eigenvalue weighted by Gasteiger charge is 2.26. The van der Waals surface area contributed by atoms with E-state index >= 15 is 0 Å². The van der Waals surface area contributed by atoms with E-state index in [9.17, 15) is 4.79 Å². The number of anilines is 2. The summed E-state index contributed by atoms with van der Waals surface area (Å²) in [5.74, 6) is -0.0144. The molecule has 2 saturated carbocycles. The van der Waals surface area contributed by atoms with Crippen molar-refractivity contribution in [2.45, 2.75) is 50.6 Å². The van der Waals surface area contributed by atoms with E-state index in [2.05, 4.69) is 10.6 Å².